The fraction of sp³-hybridized carbons (Fsp3) is 0.308. The molecule has 2 aromatic rings. The summed E-state index contributed by atoms with van der Waals surface area (Å²) < 4.78 is 1.84. The summed E-state index contributed by atoms with van der Waals surface area (Å²) in [6, 6.07) is 5.93. The molecule has 0 radical (unpaired) electrons. The van der Waals surface area contributed by atoms with Gasteiger partial charge in [0, 0.05) is 12.7 Å². The van der Waals surface area contributed by atoms with E-state index in [1.54, 1.807) is 0 Å². The molecule has 1 heterocycles. The van der Waals surface area contributed by atoms with E-state index in [-0.39, 0.29) is 0 Å². The lowest BCUT2D eigenvalue weighted by molar-refractivity contribution is 0.717. The molecule has 1 aromatic carbocycles. The van der Waals surface area contributed by atoms with E-state index in [9.17, 15) is 0 Å². The zero-order chi connectivity index (χ0) is 12.3. The van der Waals surface area contributed by atoms with Gasteiger partial charge in [0.25, 0.3) is 0 Å². The number of hydrogen-bond acceptors (Lipinski definition) is 2. The Hall–Kier alpha value is -1.32. The van der Waals surface area contributed by atoms with Gasteiger partial charge >= 0.3 is 0 Å². The van der Waals surface area contributed by atoms with E-state index in [0.717, 1.165) is 34.9 Å². The molecule has 1 N–H and O–H groups in total. The van der Waals surface area contributed by atoms with E-state index >= 15 is 0 Å². The summed E-state index contributed by atoms with van der Waals surface area (Å²) in [5, 5.41) is 8.35. The van der Waals surface area contributed by atoms with Crippen LogP contribution in [-0.2, 0) is 6.54 Å². The van der Waals surface area contributed by atoms with Crippen LogP contribution in [0.15, 0.2) is 30.6 Å². The maximum absolute atomic E-state index is 6.26. The van der Waals surface area contributed by atoms with E-state index in [4.69, 9.17) is 11.6 Å². The van der Waals surface area contributed by atoms with Crippen molar-refractivity contribution in [2.24, 2.45) is 0 Å². The molecule has 1 aromatic heterocycles. The van der Waals surface area contributed by atoms with E-state index in [1.165, 1.54) is 0 Å². The molecule has 0 atom stereocenters. The summed E-state index contributed by atoms with van der Waals surface area (Å²) in [5.41, 5.74) is 3.24. The fourth-order valence-electron chi connectivity index (χ4n) is 1.75. The van der Waals surface area contributed by atoms with Gasteiger partial charge in [-0.2, -0.15) is 5.10 Å². The van der Waals surface area contributed by atoms with Crippen LogP contribution in [-0.4, -0.2) is 16.3 Å². The number of hydrogen-bond donors (Lipinski definition) is 1. The minimum atomic E-state index is 0.725. The molecule has 17 heavy (non-hydrogen) atoms. The predicted molar refractivity (Wildman–Crippen MR) is 70.7 cm³/mol. The van der Waals surface area contributed by atoms with Crippen molar-refractivity contribution in [3.05, 3.63) is 46.7 Å². The topological polar surface area (TPSA) is 29.9 Å². The Bertz CT molecular complexity index is 505. The minimum absolute atomic E-state index is 0.725. The second kappa shape index (κ2) is 5.34. The summed E-state index contributed by atoms with van der Waals surface area (Å²) >= 11 is 6.26. The van der Waals surface area contributed by atoms with Crippen molar-refractivity contribution in [2.45, 2.75) is 20.4 Å². The highest BCUT2D eigenvalue weighted by Crippen LogP contribution is 2.24. The molecule has 0 bridgehead atoms. The zero-order valence-corrected chi connectivity index (χ0v) is 10.8. The van der Waals surface area contributed by atoms with Crippen LogP contribution in [0.1, 0.15) is 18.1 Å². The normalized spacial score (nSPS) is 10.8. The molecule has 2 rings (SSSR count). The Morgan fingerprint density at radius 3 is 2.88 bits per heavy atom. The SMILES string of the molecule is CCNCc1cccc(Cl)c1-n1cc(C)cn1. The number of para-hydroxylation sites is 1. The molecule has 0 unspecified atom stereocenters. The molecular formula is C13H16ClN3. The van der Waals surface area contributed by atoms with Gasteiger partial charge in [-0.25, -0.2) is 4.68 Å². The van der Waals surface area contributed by atoms with Crippen molar-refractivity contribution in [1.82, 2.24) is 15.1 Å². The lowest BCUT2D eigenvalue weighted by atomic mass is 10.1. The van der Waals surface area contributed by atoms with Gasteiger partial charge in [0.05, 0.1) is 16.9 Å². The fourth-order valence-corrected chi connectivity index (χ4v) is 2.03. The van der Waals surface area contributed by atoms with E-state index in [1.807, 2.05) is 36.1 Å². The number of aryl methyl sites for hydroxylation is 1. The van der Waals surface area contributed by atoms with E-state index in [2.05, 4.69) is 23.4 Å². The van der Waals surface area contributed by atoms with Gasteiger partial charge in [-0.1, -0.05) is 30.7 Å². The maximum atomic E-state index is 6.26. The van der Waals surface area contributed by atoms with Crippen LogP contribution in [0.25, 0.3) is 5.69 Å². The molecule has 90 valence electrons. The lowest BCUT2D eigenvalue weighted by Crippen LogP contribution is -2.14. The number of rotatable bonds is 4. The summed E-state index contributed by atoms with van der Waals surface area (Å²) in [6.07, 6.45) is 3.82. The third-order valence-corrected chi connectivity index (χ3v) is 2.88. The Kier molecular flexibility index (Phi) is 3.82. The molecule has 0 aliphatic rings. The molecule has 0 spiro atoms. The number of benzene rings is 1. The van der Waals surface area contributed by atoms with Crippen molar-refractivity contribution >= 4 is 11.6 Å². The highest BCUT2D eigenvalue weighted by molar-refractivity contribution is 6.32. The third kappa shape index (κ3) is 2.68. The molecular weight excluding hydrogens is 234 g/mol. The third-order valence-electron chi connectivity index (χ3n) is 2.58. The van der Waals surface area contributed by atoms with Crippen LogP contribution in [0, 0.1) is 6.92 Å². The van der Waals surface area contributed by atoms with Crippen LogP contribution in [0.3, 0.4) is 0 Å². The first-order chi connectivity index (χ1) is 8.22. The first-order valence-corrected chi connectivity index (χ1v) is 6.10. The van der Waals surface area contributed by atoms with Gasteiger partial charge in [0.1, 0.15) is 0 Å². The number of nitrogens with one attached hydrogen (secondary N) is 1. The van der Waals surface area contributed by atoms with Gasteiger partial charge < -0.3 is 5.32 Å². The van der Waals surface area contributed by atoms with Crippen LogP contribution >= 0.6 is 11.6 Å². The Morgan fingerprint density at radius 1 is 1.41 bits per heavy atom. The Labute approximate surface area is 106 Å². The molecule has 0 saturated heterocycles. The number of nitrogens with zero attached hydrogens (tertiary/aromatic N) is 2. The Morgan fingerprint density at radius 2 is 2.24 bits per heavy atom. The highest BCUT2D eigenvalue weighted by Gasteiger charge is 2.09. The average Bonchev–Trinajstić information content (AvgIpc) is 2.73. The van der Waals surface area contributed by atoms with Crippen molar-refractivity contribution in [1.29, 1.82) is 0 Å². The van der Waals surface area contributed by atoms with Gasteiger partial charge in [-0.3, -0.25) is 0 Å². The van der Waals surface area contributed by atoms with Crippen molar-refractivity contribution in [3.63, 3.8) is 0 Å². The Balaban J connectivity index is 2.43. The second-order valence-corrected chi connectivity index (χ2v) is 4.40. The lowest BCUT2D eigenvalue weighted by Gasteiger charge is -2.11. The summed E-state index contributed by atoms with van der Waals surface area (Å²) in [6.45, 7) is 5.84. The average molecular weight is 250 g/mol. The largest absolute Gasteiger partial charge is 0.313 e. The minimum Gasteiger partial charge on any atom is -0.313 e. The molecule has 0 aliphatic carbocycles. The van der Waals surface area contributed by atoms with Crippen molar-refractivity contribution in [3.8, 4) is 5.69 Å². The summed E-state index contributed by atoms with van der Waals surface area (Å²) in [4.78, 5) is 0. The molecule has 0 aliphatic heterocycles. The quantitative estimate of drug-likeness (QED) is 0.903. The summed E-state index contributed by atoms with van der Waals surface area (Å²) in [5.74, 6) is 0. The van der Waals surface area contributed by atoms with Crippen LogP contribution in [0.5, 0.6) is 0 Å². The predicted octanol–water partition coefficient (Wildman–Crippen LogP) is 2.94. The first kappa shape index (κ1) is 12.1. The number of halogens is 1. The van der Waals surface area contributed by atoms with Gasteiger partial charge in [-0.05, 0) is 30.7 Å². The van der Waals surface area contributed by atoms with E-state index in [0.29, 0.717) is 0 Å². The molecule has 3 nitrogen and oxygen atoms in total. The van der Waals surface area contributed by atoms with Gasteiger partial charge in [-0.15, -0.1) is 0 Å². The highest BCUT2D eigenvalue weighted by atomic mass is 35.5. The van der Waals surface area contributed by atoms with Crippen LogP contribution < -0.4 is 5.32 Å². The van der Waals surface area contributed by atoms with Crippen LogP contribution in [0.2, 0.25) is 5.02 Å². The van der Waals surface area contributed by atoms with Crippen molar-refractivity contribution in [2.75, 3.05) is 6.54 Å². The zero-order valence-electron chi connectivity index (χ0n) is 10.1. The van der Waals surface area contributed by atoms with Gasteiger partial charge in [0.15, 0.2) is 0 Å². The summed E-state index contributed by atoms with van der Waals surface area (Å²) in [7, 11) is 0. The second-order valence-electron chi connectivity index (χ2n) is 3.99. The number of aromatic nitrogens is 2. The monoisotopic (exact) mass is 249 g/mol. The van der Waals surface area contributed by atoms with Gasteiger partial charge in [0.2, 0.25) is 0 Å². The molecule has 0 fully saturated rings. The molecule has 0 amide bonds. The molecule has 0 saturated carbocycles. The maximum Gasteiger partial charge on any atom is 0.0876 e. The molecule has 4 heteroatoms. The standard InChI is InChI=1S/C13H16ClN3/c1-3-15-8-11-5-4-6-12(14)13(11)17-9-10(2)7-16-17/h4-7,9,15H,3,8H2,1-2H3. The first-order valence-electron chi connectivity index (χ1n) is 5.72. The van der Waals surface area contributed by atoms with Crippen LogP contribution in [0.4, 0.5) is 0 Å². The van der Waals surface area contributed by atoms with E-state index < -0.39 is 0 Å². The smallest absolute Gasteiger partial charge is 0.0876 e. The van der Waals surface area contributed by atoms with Crippen molar-refractivity contribution < 1.29 is 0 Å².